The molecule has 5 heteroatoms. The van der Waals surface area contributed by atoms with Crippen molar-refractivity contribution in [3.8, 4) is 0 Å². The van der Waals surface area contributed by atoms with E-state index in [9.17, 15) is 9.59 Å². The molecule has 1 unspecified atom stereocenters. The molecule has 4 nitrogen and oxygen atoms in total. The average Bonchev–Trinajstić information content (AvgIpc) is 2.71. The number of hydrogen-bond acceptors (Lipinski definition) is 2. The number of hydrogen-bond donors (Lipinski definition) is 2. The molecule has 1 atom stereocenters. The molecule has 1 aliphatic heterocycles. The lowest BCUT2D eigenvalue weighted by atomic mass is 9.95. The van der Waals surface area contributed by atoms with Gasteiger partial charge in [-0.3, -0.25) is 9.59 Å². The topological polar surface area (TPSA) is 58.2 Å². The number of amides is 2. The molecule has 2 amide bonds. The molecule has 2 aromatic carbocycles. The van der Waals surface area contributed by atoms with Crippen molar-refractivity contribution in [1.29, 1.82) is 0 Å². The van der Waals surface area contributed by atoms with Crippen LogP contribution < -0.4 is 10.6 Å². The van der Waals surface area contributed by atoms with Gasteiger partial charge >= 0.3 is 0 Å². The van der Waals surface area contributed by atoms with E-state index in [1.807, 2.05) is 69.3 Å². The zero-order valence-corrected chi connectivity index (χ0v) is 16.6. The van der Waals surface area contributed by atoms with Gasteiger partial charge in [0, 0.05) is 15.6 Å². The van der Waals surface area contributed by atoms with Crippen LogP contribution in [0.25, 0.3) is 11.6 Å². The van der Waals surface area contributed by atoms with Gasteiger partial charge in [0.05, 0.1) is 0 Å². The van der Waals surface area contributed by atoms with Gasteiger partial charge in [0.15, 0.2) is 0 Å². The Morgan fingerprint density at radius 1 is 1.08 bits per heavy atom. The monoisotopic (exact) mass is 412 g/mol. The molecule has 3 rings (SSSR count). The molecule has 0 spiro atoms. The number of fused-ring (bicyclic) bond motifs is 1. The summed E-state index contributed by atoms with van der Waals surface area (Å²) >= 11 is 3.44. The highest BCUT2D eigenvalue weighted by molar-refractivity contribution is 9.10. The van der Waals surface area contributed by atoms with Crippen molar-refractivity contribution >= 4 is 39.4 Å². The van der Waals surface area contributed by atoms with Crippen LogP contribution in [0.2, 0.25) is 0 Å². The quantitative estimate of drug-likeness (QED) is 0.782. The van der Waals surface area contributed by atoms with Crippen molar-refractivity contribution in [2.24, 2.45) is 0 Å². The molecule has 2 aromatic rings. The maximum atomic E-state index is 12.9. The maximum absolute atomic E-state index is 12.9. The van der Waals surface area contributed by atoms with Gasteiger partial charge < -0.3 is 10.6 Å². The number of halogens is 1. The molecule has 1 aliphatic rings. The smallest absolute Gasteiger partial charge is 0.252 e. The highest BCUT2D eigenvalue weighted by Gasteiger charge is 2.31. The third kappa shape index (κ3) is 4.05. The van der Waals surface area contributed by atoms with Gasteiger partial charge in [-0.25, -0.2) is 0 Å². The second kappa shape index (κ2) is 7.08. The van der Waals surface area contributed by atoms with Crippen LogP contribution in [-0.2, 0) is 4.79 Å². The van der Waals surface area contributed by atoms with Crippen molar-refractivity contribution in [2.75, 3.05) is 0 Å². The minimum absolute atomic E-state index is 0.229. The second-order valence-corrected chi connectivity index (χ2v) is 8.26. The van der Waals surface area contributed by atoms with Crippen molar-refractivity contribution in [2.45, 2.75) is 32.4 Å². The first kappa shape index (κ1) is 18.4. The lowest BCUT2D eigenvalue weighted by Gasteiger charge is -2.26. The van der Waals surface area contributed by atoms with Crippen LogP contribution in [0.5, 0.6) is 0 Å². The number of nitrogens with one attached hydrogen (secondary N) is 2. The SMILES string of the molecule is CC(C)(C)NC(=O)C1NC(=O)c2ccccc2C=C1c1ccc(Br)cc1. The highest BCUT2D eigenvalue weighted by atomic mass is 79.9. The van der Waals surface area contributed by atoms with Crippen LogP contribution >= 0.6 is 15.9 Å². The van der Waals surface area contributed by atoms with Gasteiger partial charge in [0.1, 0.15) is 6.04 Å². The Kier molecular flexibility index (Phi) is 5.01. The molecule has 0 bridgehead atoms. The summed E-state index contributed by atoms with van der Waals surface area (Å²) in [7, 11) is 0. The average molecular weight is 413 g/mol. The first-order valence-electron chi connectivity index (χ1n) is 8.44. The normalized spacial score (nSPS) is 16.8. The standard InChI is InChI=1S/C21H21BrN2O2/c1-21(2,3)24-20(26)18-17(13-8-10-15(22)11-9-13)12-14-6-4-5-7-16(14)19(25)23-18/h4-12,18H,1-3H3,(H,23,25)(H,24,26). The molecule has 26 heavy (non-hydrogen) atoms. The van der Waals surface area contributed by atoms with Gasteiger partial charge in [0.25, 0.3) is 5.91 Å². The molecule has 0 aliphatic carbocycles. The molecule has 0 fully saturated rings. The van der Waals surface area contributed by atoms with E-state index >= 15 is 0 Å². The van der Waals surface area contributed by atoms with E-state index in [1.54, 1.807) is 6.07 Å². The van der Waals surface area contributed by atoms with Crippen LogP contribution in [0.1, 0.15) is 42.3 Å². The highest BCUT2D eigenvalue weighted by Crippen LogP contribution is 2.28. The first-order chi connectivity index (χ1) is 12.2. The fourth-order valence-electron chi connectivity index (χ4n) is 2.91. The summed E-state index contributed by atoms with van der Waals surface area (Å²) in [4.78, 5) is 25.6. The summed E-state index contributed by atoms with van der Waals surface area (Å²) in [6, 6.07) is 14.3. The van der Waals surface area contributed by atoms with E-state index in [4.69, 9.17) is 0 Å². The van der Waals surface area contributed by atoms with Crippen LogP contribution in [-0.4, -0.2) is 23.4 Å². The fourth-order valence-corrected chi connectivity index (χ4v) is 3.17. The Bertz CT molecular complexity index is 880. The molecule has 134 valence electrons. The molecule has 0 radical (unpaired) electrons. The molecule has 0 saturated carbocycles. The van der Waals surface area contributed by atoms with Gasteiger partial charge in [-0.15, -0.1) is 0 Å². The van der Waals surface area contributed by atoms with E-state index in [0.717, 1.165) is 21.2 Å². The summed E-state index contributed by atoms with van der Waals surface area (Å²) in [6.45, 7) is 5.75. The minimum Gasteiger partial charge on any atom is -0.349 e. The number of rotatable bonds is 2. The van der Waals surface area contributed by atoms with E-state index in [0.29, 0.717) is 5.56 Å². The predicted molar refractivity (Wildman–Crippen MR) is 108 cm³/mol. The Balaban J connectivity index is 2.11. The summed E-state index contributed by atoms with van der Waals surface area (Å²) in [6.07, 6.45) is 1.92. The molecule has 1 heterocycles. The van der Waals surface area contributed by atoms with Crippen LogP contribution in [0.15, 0.2) is 53.0 Å². The Morgan fingerprint density at radius 2 is 1.73 bits per heavy atom. The largest absolute Gasteiger partial charge is 0.349 e. The first-order valence-corrected chi connectivity index (χ1v) is 9.23. The van der Waals surface area contributed by atoms with Crippen molar-refractivity contribution in [3.63, 3.8) is 0 Å². The zero-order valence-electron chi connectivity index (χ0n) is 15.0. The molecule has 0 aromatic heterocycles. The summed E-state index contributed by atoms with van der Waals surface area (Å²) < 4.78 is 0.954. The zero-order chi connectivity index (χ0) is 18.9. The third-order valence-electron chi connectivity index (χ3n) is 4.04. The molecular formula is C21H21BrN2O2. The van der Waals surface area contributed by atoms with E-state index < -0.39 is 11.6 Å². The van der Waals surface area contributed by atoms with Gasteiger partial charge in [-0.2, -0.15) is 0 Å². The van der Waals surface area contributed by atoms with Crippen molar-refractivity contribution < 1.29 is 9.59 Å². The fraction of sp³-hybridized carbons (Fsp3) is 0.238. The lowest BCUT2D eigenvalue weighted by molar-refractivity contribution is -0.123. The second-order valence-electron chi connectivity index (χ2n) is 7.34. The van der Waals surface area contributed by atoms with Crippen LogP contribution in [0, 0.1) is 0 Å². The Labute approximate surface area is 161 Å². The summed E-state index contributed by atoms with van der Waals surface area (Å²) in [5.41, 5.74) is 2.62. The summed E-state index contributed by atoms with van der Waals surface area (Å²) in [5, 5.41) is 5.86. The lowest BCUT2D eigenvalue weighted by Crippen LogP contribution is -2.52. The number of carbonyl (C=O) groups excluding carboxylic acids is 2. The Hall–Kier alpha value is -2.40. The van der Waals surface area contributed by atoms with Crippen molar-refractivity contribution in [3.05, 3.63) is 69.7 Å². The maximum Gasteiger partial charge on any atom is 0.252 e. The number of carbonyl (C=O) groups is 2. The number of benzene rings is 2. The van der Waals surface area contributed by atoms with Gasteiger partial charge in [-0.1, -0.05) is 46.3 Å². The predicted octanol–water partition coefficient (Wildman–Crippen LogP) is 4.02. The minimum atomic E-state index is -0.768. The Morgan fingerprint density at radius 3 is 2.38 bits per heavy atom. The molecule has 0 saturated heterocycles. The van der Waals surface area contributed by atoms with Gasteiger partial charge in [-0.05, 0) is 61.7 Å². The van der Waals surface area contributed by atoms with E-state index in [2.05, 4.69) is 26.6 Å². The summed E-state index contributed by atoms with van der Waals surface area (Å²) in [5.74, 6) is -0.481. The van der Waals surface area contributed by atoms with Crippen molar-refractivity contribution in [1.82, 2.24) is 10.6 Å². The van der Waals surface area contributed by atoms with Crippen LogP contribution in [0.4, 0.5) is 0 Å². The molecule has 2 N–H and O–H groups in total. The third-order valence-corrected chi connectivity index (χ3v) is 4.57. The van der Waals surface area contributed by atoms with E-state index in [-0.39, 0.29) is 11.8 Å². The van der Waals surface area contributed by atoms with E-state index in [1.165, 1.54) is 0 Å². The van der Waals surface area contributed by atoms with Crippen LogP contribution in [0.3, 0.4) is 0 Å². The molecular weight excluding hydrogens is 392 g/mol. The van der Waals surface area contributed by atoms with Gasteiger partial charge in [0.2, 0.25) is 5.91 Å².